The third kappa shape index (κ3) is 3.69. The highest BCUT2D eigenvalue weighted by molar-refractivity contribution is 5.91. The quantitative estimate of drug-likeness (QED) is 0.744. The maximum Gasteiger partial charge on any atom is 0.335 e. The van der Waals surface area contributed by atoms with E-state index in [0.29, 0.717) is 12.0 Å². The minimum absolute atomic E-state index is 0.0204. The number of benzene rings is 1. The third-order valence-corrected chi connectivity index (χ3v) is 2.54. The van der Waals surface area contributed by atoms with Crippen LogP contribution in [0.25, 0.3) is 0 Å². The molecule has 5 heteroatoms. The minimum Gasteiger partial charge on any atom is -0.481 e. The summed E-state index contributed by atoms with van der Waals surface area (Å²) in [7, 11) is 0. The van der Waals surface area contributed by atoms with Gasteiger partial charge in [-0.2, -0.15) is 0 Å². The van der Waals surface area contributed by atoms with E-state index in [9.17, 15) is 14.4 Å². The molecule has 0 radical (unpaired) electrons. The summed E-state index contributed by atoms with van der Waals surface area (Å²) < 4.78 is 0. The Kier molecular flexibility index (Phi) is 4.59. The zero-order valence-corrected chi connectivity index (χ0v) is 9.92. The van der Waals surface area contributed by atoms with Crippen LogP contribution >= 0.6 is 0 Å². The van der Waals surface area contributed by atoms with Crippen molar-refractivity contribution >= 4 is 18.2 Å². The van der Waals surface area contributed by atoms with E-state index >= 15 is 0 Å². The Labute approximate surface area is 104 Å². The normalized spacial score (nSPS) is 11.8. The van der Waals surface area contributed by atoms with Crippen molar-refractivity contribution in [3.8, 4) is 0 Å². The number of hydrogen-bond acceptors (Lipinski definition) is 3. The van der Waals surface area contributed by atoms with Crippen LogP contribution in [0.1, 0.15) is 28.4 Å². The maximum atomic E-state index is 11.0. The number of carbonyl (C=O) groups is 3. The average Bonchev–Trinajstić information content (AvgIpc) is 2.30. The second-order valence-corrected chi connectivity index (χ2v) is 4.18. The predicted octanol–water partition coefficient (Wildman–Crippen LogP) is 1.39. The monoisotopic (exact) mass is 250 g/mol. The summed E-state index contributed by atoms with van der Waals surface area (Å²) >= 11 is 0. The minimum atomic E-state index is -1.16. The number of carboxylic acids is 2. The van der Waals surface area contributed by atoms with Gasteiger partial charge in [0.05, 0.1) is 12.0 Å². The second kappa shape index (κ2) is 5.95. The number of hydrogen-bond donors (Lipinski definition) is 2. The molecule has 0 aliphatic rings. The molecule has 1 atom stereocenters. The van der Waals surface area contributed by atoms with Crippen LogP contribution in [0.4, 0.5) is 0 Å². The molecule has 0 amide bonds. The molecule has 0 spiro atoms. The van der Waals surface area contributed by atoms with Crippen LogP contribution in [-0.4, -0.2) is 28.4 Å². The van der Waals surface area contributed by atoms with Crippen molar-refractivity contribution in [2.75, 3.05) is 0 Å². The Morgan fingerprint density at radius 3 is 2.50 bits per heavy atom. The van der Waals surface area contributed by atoms with E-state index in [-0.39, 0.29) is 23.5 Å². The van der Waals surface area contributed by atoms with Crippen molar-refractivity contribution in [3.05, 3.63) is 34.9 Å². The van der Waals surface area contributed by atoms with Gasteiger partial charge in [-0.15, -0.1) is 0 Å². The summed E-state index contributed by atoms with van der Waals surface area (Å²) in [6.07, 6.45) is 0.911. The summed E-state index contributed by atoms with van der Waals surface area (Å²) in [5, 5.41) is 17.7. The molecule has 1 unspecified atom stereocenters. The molecule has 5 nitrogen and oxygen atoms in total. The van der Waals surface area contributed by atoms with Crippen LogP contribution in [0.5, 0.6) is 0 Å². The Bertz CT molecular complexity index is 478. The number of rotatable bonds is 6. The van der Waals surface area contributed by atoms with E-state index < -0.39 is 11.9 Å². The lowest BCUT2D eigenvalue weighted by Crippen LogP contribution is -2.09. The molecule has 2 N–H and O–H groups in total. The van der Waals surface area contributed by atoms with Crippen LogP contribution in [0.3, 0.4) is 0 Å². The summed E-state index contributed by atoms with van der Waals surface area (Å²) in [6, 6.07) is 4.58. The molecule has 1 rings (SSSR count). The molecule has 18 heavy (non-hydrogen) atoms. The third-order valence-electron chi connectivity index (χ3n) is 2.54. The van der Waals surface area contributed by atoms with E-state index in [1.807, 2.05) is 0 Å². The van der Waals surface area contributed by atoms with Gasteiger partial charge in [-0.1, -0.05) is 19.1 Å². The molecule has 0 aliphatic heterocycles. The van der Waals surface area contributed by atoms with Gasteiger partial charge in [-0.25, -0.2) is 4.79 Å². The van der Waals surface area contributed by atoms with Gasteiger partial charge in [-0.3, -0.25) is 4.79 Å². The number of carboxylic acid groups (broad SMARTS) is 2. The van der Waals surface area contributed by atoms with Gasteiger partial charge in [0.1, 0.15) is 6.29 Å². The topological polar surface area (TPSA) is 91.7 Å². The number of aromatic carboxylic acids is 1. The predicted molar refractivity (Wildman–Crippen MR) is 63.7 cm³/mol. The molecule has 0 saturated carbocycles. The molecule has 0 bridgehead atoms. The second-order valence-electron chi connectivity index (χ2n) is 4.18. The lowest BCUT2D eigenvalue weighted by Gasteiger charge is -2.08. The fourth-order valence-electron chi connectivity index (χ4n) is 1.69. The van der Waals surface area contributed by atoms with Gasteiger partial charge in [0.15, 0.2) is 0 Å². The van der Waals surface area contributed by atoms with E-state index in [2.05, 4.69) is 0 Å². The summed E-state index contributed by atoms with van der Waals surface area (Å²) in [6.45, 7) is 1.73. The van der Waals surface area contributed by atoms with E-state index in [1.54, 1.807) is 13.0 Å². The number of carbonyl (C=O) groups excluding carboxylic acids is 1. The van der Waals surface area contributed by atoms with Crippen molar-refractivity contribution in [1.82, 2.24) is 0 Å². The molecule has 1 aromatic carbocycles. The van der Waals surface area contributed by atoms with Gasteiger partial charge in [0.25, 0.3) is 0 Å². The highest BCUT2D eigenvalue weighted by atomic mass is 16.4. The van der Waals surface area contributed by atoms with E-state index in [0.717, 1.165) is 6.29 Å². The Hall–Kier alpha value is -2.17. The molecule has 0 fully saturated rings. The number of aliphatic carboxylic acids is 1. The Morgan fingerprint density at radius 2 is 2.00 bits per heavy atom. The first-order chi connectivity index (χ1) is 8.43. The van der Waals surface area contributed by atoms with Crippen molar-refractivity contribution in [2.45, 2.75) is 19.8 Å². The summed E-state index contributed by atoms with van der Waals surface area (Å²) in [5.41, 5.74) is 0.951. The highest BCUT2D eigenvalue weighted by Gasteiger charge is 2.14. The molecule has 0 aromatic heterocycles. The van der Waals surface area contributed by atoms with Crippen molar-refractivity contribution in [3.63, 3.8) is 0 Å². The van der Waals surface area contributed by atoms with Gasteiger partial charge >= 0.3 is 11.9 Å². The van der Waals surface area contributed by atoms with Crippen LogP contribution in [0.15, 0.2) is 18.2 Å². The largest absolute Gasteiger partial charge is 0.481 e. The maximum absolute atomic E-state index is 11.0. The molecule has 96 valence electrons. The fraction of sp³-hybridized carbons (Fsp3) is 0.308. The van der Waals surface area contributed by atoms with E-state index in [4.69, 9.17) is 10.2 Å². The van der Waals surface area contributed by atoms with Crippen LogP contribution in [-0.2, 0) is 22.4 Å². The summed E-state index contributed by atoms with van der Waals surface area (Å²) in [5.74, 6) is -2.43. The molecule has 0 saturated heterocycles. The Morgan fingerprint density at radius 1 is 1.33 bits per heavy atom. The first kappa shape index (κ1) is 13.9. The van der Waals surface area contributed by atoms with Crippen molar-refractivity contribution in [1.29, 1.82) is 0 Å². The molecule has 0 aliphatic carbocycles. The molecule has 1 aromatic rings. The molecular weight excluding hydrogens is 236 g/mol. The zero-order valence-electron chi connectivity index (χ0n) is 9.92. The van der Waals surface area contributed by atoms with E-state index in [1.165, 1.54) is 12.1 Å². The van der Waals surface area contributed by atoms with Gasteiger partial charge in [0.2, 0.25) is 0 Å². The first-order valence-electron chi connectivity index (χ1n) is 5.46. The van der Waals surface area contributed by atoms with Gasteiger partial charge in [-0.05, 0) is 23.6 Å². The lowest BCUT2D eigenvalue weighted by atomic mass is 9.96. The fourth-order valence-corrected chi connectivity index (χ4v) is 1.69. The van der Waals surface area contributed by atoms with Gasteiger partial charge < -0.3 is 15.0 Å². The first-order valence-corrected chi connectivity index (χ1v) is 5.46. The standard InChI is InChI=1S/C13H14O5/c1-8(7-14)4-9-2-3-10(6-12(15)16)11(5-9)13(17)18/h2-3,5,7-8H,4,6H2,1H3,(H,15,16)(H,17,18). The smallest absolute Gasteiger partial charge is 0.335 e. The number of aldehydes is 1. The van der Waals surface area contributed by atoms with Gasteiger partial charge in [0, 0.05) is 5.92 Å². The lowest BCUT2D eigenvalue weighted by molar-refractivity contribution is -0.136. The Balaban J connectivity index is 3.06. The van der Waals surface area contributed by atoms with Crippen LogP contribution < -0.4 is 0 Å². The SMILES string of the molecule is CC(C=O)Cc1ccc(CC(=O)O)c(C(=O)O)c1. The van der Waals surface area contributed by atoms with Crippen molar-refractivity contribution in [2.24, 2.45) is 5.92 Å². The van der Waals surface area contributed by atoms with Crippen LogP contribution in [0, 0.1) is 5.92 Å². The average molecular weight is 250 g/mol. The molecule has 0 heterocycles. The zero-order chi connectivity index (χ0) is 13.7. The van der Waals surface area contributed by atoms with Crippen LogP contribution in [0.2, 0.25) is 0 Å². The molecular formula is C13H14O5. The highest BCUT2D eigenvalue weighted by Crippen LogP contribution is 2.16. The van der Waals surface area contributed by atoms with Crippen molar-refractivity contribution < 1.29 is 24.6 Å². The summed E-state index contributed by atoms with van der Waals surface area (Å²) in [4.78, 5) is 32.2.